The predicted octanol–water partition coefficient (Wildman–Crippen LogP) is 3.06. The molecule has 1 fully saturated rings. The smallest absolute Gasteiger partial charge is 0.0702 e. The van der Waals surface area contributed by atoms with Gasteiger partial charge in [0.05, 0.1) is 11.7 Å². The first-order valence-corrected chi connectivity index (χ1v) is 7.42. The molecule has 1 aliphatic heterocycles. The highest BCUT2D eigenvalue weighted by atomic mass is 15.2. The van der Waals surface area contributed by atoms with Crippen LogP contribution in [0.15, 0.2) is 42.9 Å². The number of nitrogens with one attached hydrogen (secondary N) is 1. The van der Waals surface area contributed by atoms with E-state index in [1.54, 1.807) is 0 Å². The lowest BCUT2D eigenvalue weighted by Gasteiger charge is -2.11. The topological polar surface area (TPSA) is 42.7 Å². The SMILES string of the molecule is Cn1cc(-c2cnc3ccc(C4CCCN4)cc3c2)cn1. The molecule has 1 saturated heterocycles. The van der Waals surface area contributed by atoms with E-state index in [2.05, 4.69) is 39.7 Å². The van der Waals surface area contributed by atoms with Crippen LogP contribution >= 0.6 is 0 Å². The van der Waals surface area contributed by atoms with Crippen molar-refractivity contribution in [1.29, 1.82) is 0 Å². The van der Waals surface area contributed by atoms with E-state index in [0.717, 1.165) is 23.2 Å². The Balaban J connectivity index is 1.78. The van der Waals surface area contributed by atoms with Crippen molar-refractivity contribution in [2.45, 2.75) is 18.9 Å². The van der Waals surface area contributed by atoms with Gasteiger partial charge in [-0.05, 0) is 43.1 Å². The molecular weight excluding hydrogens is 260 g/mol. The van der Waals surface area contributed by atoms with Crippen LogP contribution in [0.3, 0.4) is 0 Å². The average molecular weight is 278 g/mol. The van der Waals surface area contributed by atoms with Gasteiger partial charge < -0.3 is 5.32 Å². The van der Waals surface area contributed by atoms with Crippen molar-refractivity contribution in [2.75, 3.05) is 6.54 Å². The molecule has 21 heavy (non-hydrogen) atoms. The van der Waals surface area contributed by atoms with Gasteiger partial charge in [-0.15, -0.1) is 0 Å². The zero-order chi connectivity index (χ0) is 14.2. The summed E-state index contributed by atoms with van der Waals surface area (Å²) in [6.07, 6.45) is 8.31. The third-order valence-corrected chi connectivity index (χ3v) is 4.21. The van der Waals surface area contributed by atoms with Gasteiger partial charge in [0.2, 0.25) is 0 Å². The van der Waals surface area contributed by atoms with E-state index in [1.165, 1.54) is 23.8 Å². The van der Waals surface area contributed by atoms with Crippen molar-refractivity contribution in [1.82, 2.24) is 20.1 Å². The van der Waals surface area contributed by atoms with Crippen molar-refractivity contribution in [3.63, 3.8) is 0 Å². The minimum Gasteiger partial charge on any atom is -0.310 e. The fourth-order valence-corrected chi connectivity index (χ4v) is 3.06. The Morgan fingerprint density at radius 2 is 2.14 bits per heavy atom. The highest BCUT2D eigenvalue weighted by Gasteiger charge is 2.16. The van der Waals surface area contributed by atoms with E-state index >= 15 is 0 Å². The highest BCUT2D eigenvalue weighted by molar-refractivity contribution is 5.84. The van der Waals surface area contributed by atoms with Gasteiger partial charge in [-0.1, -0.05) is 6.07 Å². The van der Waals surface area contributed by atoms with Gasteiger partial charge in [0.1, 0.15) is 0 Å². The molecule has 0 amide bonds. The van der Waals surface area contributed by atoms with E-state index in [1.807, 2.05) is 30.3 Å². The molecule has 1 unspecified atom stereocenters. The minimum atomic E-state index is 0.497. The molecule has 3 heterocycles. The van der Waals surface area contributed by atoms with Gasteiger partial charge in [-0.25, -0.2) is 0 Å². The normalized spacial score (nSPS) is 18.4. The number of fused-ring (bicyclic) bond motifs is 1. The molecule has 106 valence electrons. The van der Waals surface area contributed by atoms with Crippen LogP contribution in [-0.4, -0.2) is 21.3 Å². The molecule has 3 aromatic rings. The number of nitrogens with zero attached hydrogens (tertiary/aromatic N) is 3. The maximum Gasteiger partial charge on any atom is 0.0702 e. The summed E-state index contributed by atoms with van der Waals surface area (Å²) in [5.74, 6) is 0. The summed E-state index contributed by atoms with van der Waals surface area (Å²) in [5, 5.41) is 8.98. The molecule has 4 nitrogen and oxygen atoms in total. The van der Waals surface area contributed by atoms with E-state index < -0.39 is 0 Å². The Bertz CT molecular complexity index is 784. The molecule has 1 aliphatic rings. The zero-order valence-corrected chi connectivity index (χ0v) is 12.1. The Morgan fingerprint density at radius 1 is 1.19 bits per heavy atom. The molecule has 1 aromatic carbocycles. The number of pyridine rings is 1. The van der Waals surface area contributed by atoms with Crippen LogP contribution in [-0.2, 0) is 7.05 Å². The summed E-state index contributed by atoms with van der Waals surface area (Å²) in [7, 11) is 1.93. The van der Waals surface area contributed by atoms with Crippen LogP contribution in [0.2, 0.25) is 0 Å². The van der Waals surface area contributed by atoms with Crippen molar-refractivity contribution >= 4 is 10.9 Å². The molecule has 4 heteroatoms. The van der Waals surface area contributed by atoms with Crippen molar-refractivity contribution in [2.24, 2.45) is 7.05 Å². The van der Waals surface area contributed by atoms with Crippen molar-refractivity contribution in [3.8, 4) is 11.1 Å². The molecule has 2 aromatic heterocycles. The fourth-order valence-electron chi connectivity index (χ4n) is 3.06. The quantitative estimate of drug-likeness (QED) is 0.783. The second-order valence-electron chi connectivity index (χ2n) is 5.73. The molecule has 0 bridgehead atoms. The number of rotatable bonds is 2. The van der Waals surface area contributed by atoms with E-state index in [9.17, 15) is 0 Å². The van der Waals surface area contributed by atoms with Gasteiger partial charge in [0.15, 0.2) is 0 Å². The van der Waals surface area contributed by atoms with Gasteiger partial charge in [-0.3, -0.25) is 9.67 Å². The number of aromatic nitrogens is 3. The van der Waals surface area contributed by atoms with Gasteiger partial charge in [0.25, 0.3) is 0 Å². The number of hydrogen-bond acceptors (Lipinski definition) is 3. The number of aryl methyl sites for hydroxylation is 1. The summed E-state index contributed by atoms with van der Waals surface area (Å²) in [6, 6.07) is 9.29. The van der Waals surface area contributed by atoms with Gasteiger partial charge in [-0.2, -0.15) is 5.10 Å². The standard InChI is InChI=1S/C17H18N4/c1-21-11-15(10-20-21)14-8-13-7-12(16-3-2-6-18-16)4-5-17(13)19-9-14/h4-5,7-11,16,18H,2-3,6H2,1H3. The minimum absolute atomic E-state index is 0.497. The second kappa shape index (κ2) is 4.97. The van der Waals surface area contributed by atoms with Gasteiger partial charge in [0, 0.05) is 42.0 Å². The summed E-state index contributed by atoms with van der Waals surface area (Å²) >= 11 is 0. The maximum atomic E-state index is 4.58. The van der Waals surface area contributed by atoms with E-state index in [4.69, 9.17) is 0 Å². The molecule has 0 aliphatic carbocycles. The third kappa shape index (κ3) is 2.32. The van der Waals surface area contributed by atoms with Crippen LogP contribution in [0, 0.1) is 0 Å². The molecule has 4 rings (SSSR count). The Hall–Kier alpha value is -2.20. The Labute approximate surface area is 123 Å². The molecule has 0 saturated carbocycles. The fraction of sp³-hybridized carbons (Fsp3) is 0.294. The predicted molar refractivity (Wildman–Crippen MR) is 83.9 cm³/mol. The summed E-state index contributed by atoms with van der Waals surface area (Å²) in [5.41, 5.74) is 4.64. The third-order valence-electron chi connectivity index (χ3n) is 4.21. The highest BCUT2D eigenvalue weighted by Crippen LogP contribution is 2.28. The van der Waals surface area contributed by atoms with E-state index in [0.29, 0.717) is 6.04 Å². The van der Waals surface area contributed by atoms with Crippen LogP contribution in [0.1, 0.15) is 24.4 Å². The summed E-state index contributed by atoms with van der Waals surface area (Å²) < 4.78 is 1.82. The summed E-state index contributed by atoms with van der Waals surface area (Å²) in [4.78, 5) is 4.58. The molecular formula is C17H18N4. The van der Waals surface area contributed by atoms with Gasteiger partial charge >= 0.3 is 0 Å². The maximum absolute atomic E-state index is 4.58. The molecule has 0 spiro atoms. The van der Waals surface area contributed by atoms with Crippen molar-refractivity contribution < 1.29 is 0 Å². The van der Waals surface area contributed by atoms with E-state index in [-0.39, 0.29) is 0 Å². The number of benzene rings is 1. The van der Waals surface area contributed by atoms with Crippen LogP contribution in [0.25, 0.3) is 22.0 Å². The van der Waals surface area contributed by atoms with Crippen LogP contribution < -0.4 is 5.32 Å². The monoisotopic (exact) mass is 278 g/mol. The molecule has 0 radical (unpaired) electrons. The first kappa shape index (κ1) is 12.5. The Kier molecular flexibility index (Phi) is 2.97. The van der Waals surface area contributed by atoms with Crippen molar-refractivity contribution in [3.05, 3.63) is 48.4 Å². The summed E-state index contributed by atoms with van der Waals surface area (Å²) in [6.45, 7) is 1.12. The average Bonchev–Trinajstić information content (AvgIpc) is 3.17. The lowest BCUT2D eigenvalue weighted by atomic mass is 10.0. The van der Waals surface area contributed by atoms with Crippen LogP contribution in [0.5, 0.6) is 0 Å². The molecule has 1 N–H and O–H groups in total. The lowest BCUT2D eigenvalue weighted by molar-refractivity contribution is 0.648. The molecule has 1 atom stereocenters. The first-order valence-electron chi connectivity index (χ1n) is 7.42. The second-order valence-corrected chi connectivity index (χ2v) is 5.73. The van der Waals surface area contributed by atoms with Crippen LogP contribution in [0.4, 0.5) is 0 Å². The first-order chi connectivity index (χ1) is 10.3. The largest absolute Gasteiger partial charge is 0.310 e. The zero-order valence-electron chi connectivity index (χ0n) is 12.1. The lowest BCUT2D eigenvalue weighted by Crippen LogP contribution is -2.12. The Morgan fingerprint density at radius 3 is 2.90 bits per heavy atom. The number of hydrogen-bond donors (Lipinski definition) is 1.